The quantitative estimate of drug-likeness (QED) is 0.410. The summed E-state index contributed by atoms with van der Waals surface area (Å²) in [6, 6.07) is 12.0. The van der Waals surface area contributed by atoms with Gasteiger partial charge in [0.25, 0.3) is 21.6 Å². The number of carbonyl (C=O) groups is 1. The van der Waals surface area contributed by atoms with E-state index in [1.807, 2.05) is 0 Å². The van der Waals surface area contributed by atoms with Crippen molar-refractivity contribution in [3.63, 3.8) is 0 Å². The molecule has 0 atom stereocenters. The molecule has 0 saturated heterocycles. The minimum atomic E-state index is -4.79. The molecular weight excluding hydrogens is 463 g/mol. The second kappa shape index (κ2) is 8.54. The van der Waals surface area contributed by atoms with E-state index in [1.54, 1.807) is 0 Å². The highest BCUT2D eigenvalue weighted by molar-refractivity contribution is 7.93. The number of nitrogens with zero attached hydrogens (tertiary/aromatic N) is 2. The number of alkyl halides is 3. The van der Waals surface area contributed by atoms with E-state index in [2.05, 4.69) is 0 Å². The van der Waals surface area contributed by atoms with E-state index < -0.39 is 48.9 Å². The maximum atomic E-state index is 13.6. The second-order valence-electron chi connectivity index (χ2n) is 6.90. The lowest BCUT2D eigenvalue weighted by atomic mass is 10.1. The molecule has 0 radical (unpaired) electrons. The van der Waals surface area contributed by atoms with Gasteiger partial charge in [0, 0.05) is 12.1 Å². The maximum absolute atomic E-state index is 13.6. The van der Waals surface area contributed by atoms with E-state index in [0.29, 0.717) is 10.4 Å². The summed E-state index contributed by atoms with van der Waals surface area (Å²) in [5.74, 6) is -1.02. The first-order valence-corrected chi connectivity index (χ1v) is 10.6. The molecule has 0 heterocycles. The number of anilines is 2. The molecule has 0 aliphatic rings. The van der Waals surface area contributed by atoms with Gasteiger partial charge in [0.15, 0.2) is 0 Å². The number of primary amides is 1. The van der Waals surface area contributed by atoms with Crippen LogP contribution in [0.3, 0.4) is 0 Å². The number of benzene rings is 3. The summed E-state index contributed by atoms with van der Waals surface area (Å²) in [5, 5.41) is 11.1. The monoisotopic (exact) mass is 479 g/mol. The van der Waals surface area contributed by atoms with E-state index in [1.165, 1.54) is 31.2 Å². The molecule has 3 rings (SSSR count). The average Bonchev–Trinajstić information content (AvgIpc) is 2.74. The number of non-ortho nitro benzene ring substituents is 1. The average molecular weight is 479 g/mol. The molecule has 0 bridgehead atoms. The Morgan fingerprint density at radius 1 is 1.03 bits per heavy atom. The summed E-state index contributed by atoms with van der Waals surface area (Å²) in [6.45, 7) is 1.21. The molecule has 0 aromatic heterocycles. The lowest BCUT2D eigenvalue weighted by Gasteiger charge is -2.27. The molecular formula is C21H16F3N3O5S. The van der Waals surface area contributed by atoms with Gasteiger partial charge in [-0.25, -0.2) is 12.7 Å². The standard InChI is InChI=1S/C21H16F3N3O5S/c1-13-9-10-14(12-18(13)21(22,23)24)26(19-8-3-2-7-17(19)20(25)28)33(31,32)16-6-4-5-15(11-16)27(29)30/h2-12H,1H3,(H2,25,28). The second-order valence-corrected chi connectivity index (χ2v) is 8.69. The highest BCUT2D eigenvalue weighted by Crippen LogP contribution is 2.39. The van der Waals surface area contributed by atoms with Crippen molar-refractivity contribution in [2.45, 2.75) is 18.0 Å². The first-order valence-electron chi connectivity index (χ1n) is 9.20. The topological polar surface area (TPSA) is 124 Å². The molecule has 33 heavy (non-hydrogen) atoms. The molecule has 2 N–H and O–H groups in total. The Hall–Kier alpha value is -3.93. The van der Waals surface area contributed by atoms with Crippen LogP contribution < -0.4 is 10.0 Å². The Bertz CT molecular complexity index is 1360. The van der Waals surface area contributed by atoms with E-state index in [-0.39, 0.29) is 16.8 Å². The highest BCUT2D eigenvalue weighted by Gasteiger charge is 2.36. The largest absolute Gasteiger partial charge is 0.416 e. The van der Waals surface area contributed by atoms with Crippen molar-refractivity contribution in [3.8, 4) is 0 Å². The molecule has 0 saturated carbocycles. The summed E-state index contributed by atoms with van der Waals surface area (Å²) in [4.78, 5) is 21.7. The van der Waals surface area contributed by atoms with Gasteiger partial charge in [-0.05, 0) is 42.8 Å². The van der Waals surface area contributed by atoms with Gasteiger partial charge in [0.05, 0.1) is 32.3 Å². The minimum absolute atomic E-state index is 0.151. The van der Waals surface area contributed by atoms with Crippen LogP contribution in [0.2, 0.25) is 0 Å². The SMILES string of the molecule is Cc1ccc(N(c2ccccc2C(N)=O)S(=O)(=O)c2cccc([N+](=O)[O-])c2)cc1C(F)(F)F. The van der Waals surface area contributed by atoms with Gasteiger partial charge in [-0.15, -0.1) is 0 Å². The van der Waals surface area contributed by atoms with Crippen LogP contribution in [-0.2, 0) is 16.2 Å². The van der Waals surface area contributed by atoms with Gasteiger partial charge in [0.1, 0.15) is 0 Å². The van der Waals surface area contributed by atoms with Gasteiger partial charge < -0.3 is 5.73 Å². The third-order valence-electron chi connectivity index (χ3n) is 4.72. The number of hydrogen-bond acceptors (Lipinski definition) is 5. The molecule has 0 fully saturated rings. The Morgan fingerprint density at radius 2 is 1.70 bits per heavy atom. The fraction of sp³-hybridized carbons (Fsp3) is 0.0952. The number of amides is 1. The first-order chi connectivity index (χ1) is 15.3. The zero-order chi connectivity index (χ0) is 24.6. The van der Waals surface area contributed by atoms with Crippen molar-refractivity contribution in [1.82, 2.24) is 0 Å². The van der Waals surface area contributed by atoms with Crippen molar-refractivity contribution >= 4 is 33.0 Å². The van der Waals surface area contributed by atoms with E-state index in [0.717, 1.165) is 36.4 Å². The van der Waals surface area contributed by atoms with Crippen molar-refractivity contribution in [1.29, 1.82) is 0 Å². The van der Waals surface area contributed by atoms with Crippen LogP contribution in [0.1, 0.15) is 21.5 Å². The summed E-state index contributed by atoms with van der Waals surface area (Å²) >= 11 is 0. The number of nitro groups is 1. The van der Waals surface area contributed by atoms with Crippen LogP contribution >= 0.6 is 0 Å². The van der Waals surface area contributed by atoms with E-state index in [9.17, 15) is 36.5 Å². The zero-order valence-electron chi connectivity index (χ0n) is 16.9. The fourth-order valence-electron chi connectivity index (χ4n) is 3.17. The fourth-order valence-corrected chi connectivity index (χ4v) is 4.71. The third kappa shape index (κ3) is 4.65. The number of sulfonamides is 1. The molecule has 8 nitrogen and oxygen atoms in total. The summed E-state index contributed by atoms with van der Waals surface area (Å²) in [6.07, 6.45) is -4.79. The predicted molar refractivity (Wildman–Crippen MR) is 114 cm³/mol. The molecule has 0 aliphatic carbocycles. The van der Waals surface area contributed by atoms with E-state index >= 15 is 0 Å². The molecule has 1 amide bonds. The smallest absolute Gasteiger partial charge is 0.366 e. The van der Waals surface area contributed by atoms with E-state index in [4.69, 9.17) is 5.73 Å². The first kappa shape index (κ1) is 23.7. The van der Waals surface area contributed by atoms with Gasteiger partial charge >= 0.3 is 6.18 Å². The van der Waals surface area contributed by atoms with Crippen LogP contribution in [0.25, 0.3) is 0 Å². The molecule has 0 unspecified atom stereocenters. The number of hydrogen-bond donors (Lipinski definition) is 1. The van der Waals surface area contributed by atoms with Gasteiger partial charge in [-0.3, -0.25) is 14.9 Å². The molecule has 172 valence electrons. The Balaban J connectivity index is 2.36. The Morgan fingerprint density at radius 3 is 2.30 bits per heavy atom. The van der Waals surface area contributed by atoms with Gasteiger partial charge in [-0.2, -0.15) is 13.2 Å². The van der Waals surface area contributed by atoms with Crippen LogP contribution in [0.4, 0.5) is 30.2 Å². The number of nitro benzene ring substituents is 1. The van der Waals surface area contributed by atoms with Crippen LogP contribution in [0.5, 0.6) is 0 Å². The number of halogens is 3. The molecule has 0 aliphatic heterocycles. The van der Waals surface area contributed by atoms with Crippen molar-refractivity contribution in [2.75, 3.05) is 4.31 Å². The molecule has 3 aromatic rings. The van der Waals surface area contributed by atoms with Crippen molar-refractivity contribution < 1.29 is 31.3 Å². The Kier molecular flexibility index (Phi) is 6.14. The summed E-state index contributed by atoms with van der Waals surface area (Å²) in [5.41, 5.74) is 2.56. The Labute approximate surface area is 186 Å². The third-order valence-corrected chi connectivity index (χ3v) is 6.45. The van der Waals surface area contributed by atoms with Crippen molar-refractivity contribution in [3.05, 3.63) is 93.5 Å². The van der Waals surface area contributed by atoms with Crippen LogP contribution in [-0.4, -0.2) is 19.2 Å². The molecule has 12 heteroatoms. The van der Waals surface area contributed by atoms with Gasteiger partial charge in [0.2, 0.25) is 0 Å². The van der Waals surface area contributed by atoms with Crippen LogP contribution in [0.15, 0.2) is 71.6 Å². The molecule has 3 aromatic carbocycles. The predicted octanol–water partition coefficient (Wildman–Crippen LogP) is 4.55. The lowest BCUT2D eigenvalue weighted by molar-refractivity contribution is -0.385. The van der Waals surface area contributed by atoms with Crippen molar-refractivity contribution in [2.24, 2.45) is 5.73 Å². The number of aryl methyl sites for hydroxylation is 1. The number of rotatable bonds is 6. The maximum Gasteiger partial charge on any atom is 0.416 e. The highest BCUT2D eigenvalue weighted by atomic mass is 32.2. The zero-order valence-corrected chi connectivity index (χ0v) is 17.7. The molecule has 0 spiro atoms. The summed E-state index contributed by atoms with van der Waals surface area (Å²) < 4.78 is 68.4. The van der Waals surface area contributed by atoms with Gasteiger partial charge in [-0.1, -0.05) is 24.3 Å². The number of carbonyl (C=O) groups excluding carboxylic acids is 1. The lowest BCUT2D eigenvalue weighted by Crippen LogP contribution is -2.29. The summed E-state index contributed by atoms with van der Waals surface area (Å²) in [7, 11) is -4.74. The number of nitrogens with two attached hydrogens (primary N) is 1. The number of para-hydroxylation sites is 1. The minimum Gasteiger partial charge on any atom is -0.366 e. The van der Waals surface area contributed by atoms with Crippen LogP contribution in [0, 0.1) is 17.0 Å². The normalized spacial score (nSPS) is 11.8.